The molecule has 16 heavy (non-hydrogen) atoms. The van der Waals surface area contributed by atoms with Gasteiger partial charge in [-0.05, 0) is 12.3 Å². The average Bonchev–Trinajstić information content (AvgIpc) is 2.27. The van der Waals surface area contributed by atoms with Crippen LogP contribution in [0.5, 0.6) is 0 Å². The molecule has 0 saturated carbocycles. The number of carbonyl (C=O) groups is 1. The zero-order chi connectivity index (χ0) is 12.3. The highest BCUT2D eigenvalue weighted by atomic mass is 16.5. The van der Waals surface area contributed by atoms with Crippen LogP contribution in [0.4, 0.5) is 0 Å². The van der Waals surface area contributed by atoms with Crippen molar-refractivity contribution in [2.45, 2.75) is 33.2 Å². The first-order chi connectivity index (χ1) is 7.39. The van der Waals surface area contributed by atoms with Crippen molar-refractivity contribution < 1.29 is 9.53 Å². The van der Waals surface area contributed by atoms with Crippen LogP contribution in [0, 0.1) is 11.3 Å². The Labute approximate surface area is 97.3 Å². The molecule has 0 aliphatic heterocycles. The Morgan fingerprint density at radius 2 is 2.25 bits per heavy atom. The molecule has 3 heteroatoms. The summed E-state index contributed by atoms with van der Waals surface area (Å²) >= 11 is 0. The fraction of sp³-hybridized carbons (Fsp3) is 0.615. The van der Waals surface area contributed by atoms with Crippen molar-refractivity contribution in [3.8, 4) is 0 Å². The number of methoxy groups -OCH3 is 1. The number of hydrogen-bond donors (Lipinski definition) is 1. The van der Waals surface area contributed by atoms with Gasteiger partial charge in [-0.25, -0.2) is 0 Å². The molecule has 0 fully saturated rings. The van der Waals surface area contributed by atoms with Crippen LogP contribution in [-0.4, -0.2) is 19.1 Å². The predicted octanol–water partition coefficient (Wildman–Crippen LogP) is 2.04. The summed E-state index contributed by atoms with van der Waals surface area (Å²) in [4.78, 5) is 11.5. The lowest BCUT2D eigenvalue weighted by Crippen LogP contribution is -2.46. The summed E-state index contributed by atoms with van der Waals surface area (Å²) in [5.41, 5.74) is 6.80. The Hall–Kier alpha value is -1.09. The second-order valence-corrected chi connectivity index (χ2v) is 4.98. The maximum Gasteiger partial charge on any atom is 0.323 e. The van der Waals surface area contributed by atoms with Gasteiger partial charge in [0.1, 0.15) is 6.04 Å². The topological polar surface area (TPSA) is 52.3 Å². The van der Waals surface area contributed by atoms with E-state index in [4.69, 9.17) is 10.5 Å². The van der Waals surface area contributed by atoms with E-state index in [-0.39, 0.29) is 11.4 Å². The first-order valence-electron chi connectivity index (χ1n) is 5.61. The van der Waals surface area contributed by atoms with E-state index in [0.29, 0.717) is 5.92 Å². The summed E-state index contributed by atoms with van der Waals surface area (Å²) in [7, 11) is 1.37. The summed E-state index contributed by atoms with van der Waals surface area (Å²) in [6, 6.07) is -0.609. The third kappa shape index (κ3) is 2.53. The fourth-order valence-corrected chi connectivity index (χ4v) is 1.94. The van der Waals surface area contributed by atoms with Gasteiger partial charge in [-0.15, -0.1) is 0 Å². The molecule has 3 nitrogen and oxygen atoms in total. The standard InChI is InChI=1S/C13H21NO2/c1-9-6-5-7-10(8-9)13(2,3)11(14)12(15)16-4/h5-7,9,11H,8,14H2,1-4H3. The second-order valence-electron chi connectivity index (χ2n) is 4.98. The molecule has 0 aromatic rings. The largest absolute Gasteiger partial charge is 0.468 e. The van der Waals surface area contributed by atoms with Crippen LogP contribution in [0.2, 0.25) is 0 Å². The van der Waals surface area contributed by atoms with Crippen LogP contribution >= 0.6 is 0 Å². The molecule has 0 radical (unpaired) electrons. The van der Waals surface area contributed by atoms with E-state index >= 15 is 0 Å². The van der Waals surface area contributed by atoms with Crippen LogP contribution < -0.4 is 5.73 Å². The summed E-state index contributed by atoms with van der Waals surface area (Å²) < 4.78 is 4.71. The van der Waals surface area contributed by atoms with Crippen molar-refractivity contribution in [3.63, 3.8) is 0 Å². The average molecular weight is 223 g/mol. The van der Waals surface area contributed by atoms with Crippen molar-refractivity contribution in [1.29, 1.82) is 0 Å². The Morgan fingerprint density at radius 3 is 2.75 bits per heavy atom. The van der Waals surface area contributed by atoms with Gasteiger partial charge in [-0.2, -0.15) is 0 Å². The Balaban J connectivity index is 2.88. The lowest BCUT2D eigenvalue weighted by Gasteiger charge is -2.34. The molecule has 0 aromatic heterocycles. The SMILES string of the molecule is COC(=O)C(N)C(C)(C)C1=CC=CC(C)C1. The van der Waals surface area contributed by atoms with Gasteiger partial charge in [0.05, 0.1) is 7.11 Å². The van der Waals surface area contributed by atoms with Gasteiger partial charge in [-0.3, -0.25) is 4.79 Å². The number of rotatable bonds is 3. The third-order valence-electron chi connectivity index (χ3n) is 3.34. The minimum absolute atomic E-state index is 0.354. The molecule has 1 aliphatic carbocycles. The zero-order valence-electron chi connectivity index (χ0n) is 10.5. The Bertz CT molecular complexity index is 329. The molecule has 0 heterocycles. The molecular weight excluding hydrogens is 202 g/mol. The van der Waals surface area contributed by atoms with Crippen molar-refractivity contribution in [2.24, 2.45) is 17.1 Å². The molecule has 2 N–H and O–H groups in total. The molecule has 1 rings (SSSR count). The minimum atomic E-state index is -0.609. The van der Waals surface area contributed by atoms with Crippen LogP contribution in [0.1, 0.15) is 27.2 Å². The molecule has 90 valence electrons. The lowest BCUT2D eigenvalue weighted by molar-refractivity contribution is -0.144. The van der Waals surface area contributed by atoms with E-state index in [2.05, 4.69) is 19.1 Å². The lowest BCUT2D eigenvalue weighted by atomic mass is 9.73. The molecule has 2 unspecified atom stereocenters. The highest BCUT2D eigenvalue weighted by Crippen LogP contribution is 2.36. The normalized spacial score (nSPS) is 22.6. The summed E-state index contributed by atoms with van der Waals surface area (Å²) in [5.74, 6) is 0.150. The number of carbonyl (C=O) groups excluding carboxylic acids is 1. The highest BCUT2D eigenvalue weighted by molar-refractivity contribution is 5.77. The molecular formula is C13H21NO2. The molecule has 0 saturated heterocycles. The summed E-state index contributed by atoms with van der Waals surface area (Å²) in [5, 5.41) is 0. The smallest absolute Gasteiger partial charge is 0.323 e. The van der Waals surface area contributed by atoms with Crippen molar-refractivity contribution in [3.05, 3.63) is 23.8 Å². The van der Waals surface area contributed by atoms with E-state index < -0.39 is 6.04 Å². The van der Waals surface area contributed by atoms with Gasteiger partial charge in [0.25, 0.3) is 0 Å². The van der Waals surface area contributed by atoms with E-state index in [0.717, 1.165) is 6.42 Å². The number of nitrogens with two attached hydrogens (primary N) is 1. The van der Waals surface area contributed by atoms with Gasteiger partial charge in [-0.1, -0.05) is 44.6 Å². The van der Waals surface area contributed by atoms with E-state index in [1.165, 1.54) is 12.7 Å². The summed E-state index contributed by atoms with van der Waals surface area (Å²) in [6.07, 6.45) is 7.20. The quantitative estimate of drug-likeness (QED) is 0.745. The Morgan fingerprint density at radius 1 is 1.62 bits per heavy atom. The second kappa shape index (κ2) is 4.83. The number of allylic oxidation sites excluding steroid dienone is 3. The maximum absolute atomic E-state index is 11.5. The first-order valence-corrected chi connectivity index (χ1v) is 5.61. The van der Waals surface area contributed by atoms with Crippen LogP contribution in [-0.2, 0) is 9.53 Å². The van der Waals surface area contributed by atoms with Crippen LogP contribution in [0.15, 0.2) is 23.8 Å². The van der Waals surface area contributed by atoms with Crippen LogP contribution in [0.25, 0.3) is 0 Å². The van der Waals surface area contributed by atoms with Crippen molar-refractivity contribution in [2.75, 3.05) is 7.11 Å². The molecule has 1 aliphatic rings. The van der Waals surface area contributed by atoms with Gasteiger partial charge >= 0.3 is 5.97 Å². The predicted molar refractivity (Wildman–Crippen MR) is 64.8 cm³/mol. The summed E-state index contributed by atoms with van der Waals surface area (Å²) in [6.45, 7) is 6.14. The molecule has 2 atom stereocenters. The third-order valence-corrected chi connectivity index (χ3v) is 3.34. The Kier molecular flexibility index (Phi) is 3.92. The molecule has 0 spiro atoms. The maximum atomic E-state index is 11.5. The number of ether oxygens (including phenoxy) is 1. The van der Waals surface area contributed by atoms with Gasteiger partial charge in [0.2, 0.25) is 0 Å². The number of esters is 1. The van der Waals surface area contributed by atoms with E-state index in [1.807, 2.05) is 19.9 Å². The zero-order valence-corrected chi connectivity index (χ0v) is 10.5. The van der Waals surface area contributed by atoms with Gasteiger partial charge < -0.3 is 10.5 Å². The molecule has 0 bridgehead atoms. The van der Waals surface area contributed by atoms with E-state index in [1.54, 1.807) is 0 Å². The minimum Gasteiger partial charge on any atom is -0.468 e. The first kappa shape index (κ1) is 13.0. The van der Waals surface area contributed by atoms with Crippen LogP contribution in [0.3, 0.4) is 0 Å². The van der Waals surface area contributed by atoms with Crippen molar-refractivity contribution in [1.82, 2.24) is 0 Å². The fourth-order valence-electron chi connectivity index (χ4n) is 1.94. The van der Waals surface area contributed by atoms with Crippen molar-refractivity contribution >= 4 is 5.97 Å². The highest BCUT2D eigenvalue weighted by Gasteiger charge is 2.36. The molecule has 0 amide bonds. The molecule has 0 aromatic carbocycles. The van der Waals surface area contributed by atoms with E-state index in [9.17, 15) is 4.79 Å². The monoisotopic (exact) mass is 223 g/mol. The van der Waals surface area contributed by atoms with Gasteiger partial charge in [0.15, 0.2) is 0 Å². The van der Waals surface area contributed by atoms with Gasteiger partial charge in [0, 0.05) is 5.41 Å². The number of hydrogen-bond acceptors (Lipinski definition) is 3.